The maximum atomic E-state index is 2.75. The van der Waals surface area contributed by atoms with E-state index in [2.05, 4.69) is 82.7 Å². The normalized spacial score (nSPS) is 30.0. The molecule has 1 heterocycles. The van der Waals surface area contributed by atoms with Gasteiger partial charge < -0.3 is 9.80 Å². The van der Waals surface area contributed by atoms with Gasteiger partial charge in [0.25, 0.3) is 0 Å². The van der Waals surface area contributed by atoms with Crippen molar-refractivity contribution in [3.05, 3.63) is 0 Å². The smallest absolute Gasteiger partial charge is 0.0661 e. The molecule has 0 aromatic heterocycles. The van der Waals surface area contributed by atoms with Crippen LogP contribution in [0.4, 0.5) is 0 Å². The Kier molecular flexibility index (Phi) is 6.66. The summed E-state index contributed by atoms with van der Waals surface area (Å²) in [5.41, 5.74) is 0.293. The second-order valence-electron chi connectivity index (χ2n) is 7.25. The maximum absolute atomic E-state index is 2.75. The minimum Gasteiger partial charge on any atom is -0.305 e. The van der Waals surface area contributed by atoms with Crippen LogP contribution in [0.15, 0.2) is 0 Å². The van der Waals surface area contributed by atoms with Gasteiger partial charge in [-0.15, -0.1) is 0 Å². The molecule has 0 N–H and O–H groups in total. The first-order valence-electron chi connectivity index (χ1n) is 8.53. The summed E-state index contributed by atoms with van der Waals surface area (Å²) in [6.45, 7) is 8.20. The third kappa shape index (κ3) is 3.44. The highest BCUT2D eigenvalue weighted by atomic mass is 15.5. The van der Waals surface area contributed by atoms with Crippen LogP contribution in [0.25, 0.3) is 0 Å². The van der Waals surface area contributed by atoms with Crippen molar-refractivity contribution >= 4 is 0 Å². The quantitative estimate of drug-likeness (QED) is 0.604. The molecule has 21 heavy (non-hydrogen) atoms. The molecule has 0 aromatic carbocycles. The number of likely N-dealkylation sites (N-methyl/N-ethyl adjacent to an activating group) is 2. The molecule has 4 nitrogen and oxygen atoms in total. The van der Waals surface area contributed by atoms with E-state index < -0.39 is 0 Å². The molecule has 126 valence electrons. The largest absolute Gasteiger partial charge is 0.305 e. The Bertz CT molecular complexity index is 298. The number of hydrogen-bond donors (Lipinski definition) is 0. The van der Waals surface area contributed by atoms with Crippen LogP contribution in [0.1, 0.15) is 40.0 Å². The fourth-order valence-corrected chi connectivity index (χ4v) is 4.63. The fraction of sp³-hybridized carbons (Fsp3) is 1.00. The Morgan fingerprint density at radius 1 is 0.762 bits per heavy atom. The molecule has 1 saturated heterocycles. The molecule has 1 aliphatic heterocycles. The Hall–Kier alpha value is -0.160. The maximum Gasteiger partial charge on any atom is 0.0661 e. The van der Waals surface area contributed by atoms with E-state index in [1.54, 1.807) is 0 Å². The summed E-state index contributed by atoms with van der Waals surface area (Å²) >= 11 is 0. The van der Waals surface area contributed by atoms with E-state index in [1.807, 2.05) is 0 Å². The van der Waals surface area contributed by atoms with Gasteiger partial charge in [0, 0.05) is 18.6 Å². The molecule has 1 rings (SSSR count). The van der Waals surface area contributed by atoms with E-state index in [0.29, 0.717) is 23.8 Å². The Morgan fingerprint density at radius 3 is 1.43 bits per heavy atom. The van der Waals surface area contributed by atoms with E-state index >= 15 is 0 Å². The van der Waals surface area contributed by atoms with Crippen molar-refractivity contribution in [2.45, 2.75) is 63.8 Å². The van der Waals surface area contributed by atoms with Gasteiger partial charge in [0.05, 0.1) is 11.7 Å². The van der Waals surface area contributed by atoms with Crippen molar-refractivity contribution in [1.82, 2.24) is 19.6 Å². The third-order valence-electron chi connectivity index (χ3n) is 5.35. The lowest BCUT2D eigenvalue weighted by Gasteiger charge is -2.42. The molecule has 0 radical (unpaired) electrons. The van der Waals surface area contributed by atoms with Gasteiger partial charge in [-0.05, 0) is 61.5 Å². The van der Waals surface area contributed by atoms with Crippen molar-refractivity contribution in [2.75, 3.05) is 48.8 Å². The number of nitrogens with zero attached hydrogens (tertiary/aromatic N) is 4. The van der Waals surface area contributed by atoms with E-state index in [-0.39, 0.29) is 0 Å². The van der Waals surface area contributed by atoms with Crippen molar-refractivity contribution < 1.29 is 0 Å². The van der Waals surface area contributed by atoms with Crippen molar-refractivity contribution in [2.24, 2.45) is 0 Å². The van der Waals surface area contributed by atoms with Gasteiger partial charge in [-0.1, -0.05) is 20.8 Å². The second-order valence-corrected chi connectivity index (χ2v) is 7.25. The summed E-state index contributed by atoms with van der Waals surface area (Å²) in [5.74, 6) is 0. The average molecular weight is 299 g/mol. The predicted molar refractivity (Wildman–Crippen MR) is 92.7 cm³/mol. The van der Waals surface area contributed by atoms with Crippen molar-refractivity contribution in [1.29, 1.82) is 0 Å². The van der Waals surface area contributed by atoms with Crippen LogP contribution in [-0.2, 0) is 0 Å². The van der Waals surface area contributed by atoms with Crippen LogP contribution in [0.2, 0.25) is 0 Å². The van der Waals surface area contributed by atoms with Crippen LogP contribution in [-0.4, -0.2) is 92.2 Å². The SMILES string of the molecule is CCC(N(C)C)N1CC1(C(CC)N(C)C)C(CC)N(C)C. The van der Waals surface area contributed by atoms with Crippen LogP contribution in [0.3, 0.4) is 0 Å². The lowest BCUT2D eigenvalue weighted by molar-refractivity contribution is 0.0581. The molecule has 1 aliphatic rings. The molecule has 1 fully saturated rings. The molecule has 0 amide bonds. The van der Waals surface area contributed by atoms with Crippen LogP contribution < -0.4 is 0 Å². The topological polar surface area (TPSA) is 12.7 Å². The van der Waals surface area contributed by atoms with Crippen LogP contribution in [0, 0.1) is 0 Å². The van der Waals surface area contributed by atoms with E-state index in [1.165, 1.54) is 25.8 Å². The van der Waals surface area contributed by atoms with Gasteiger partial charge in [0.1, 0.15) is 0 Å². The highest BCUT2D eigenvalue weighted by Crippen LogP contribution is 2.46. The third-order valence-corrected chi connectivity index (χ3v) is 5.35. The standard InChI is InChI=1S/C17H38N4/c1-10-14(18(4)5)17(15(11-2)19(6)7)13-21(17)16(12-3)20(8)9/h14-16H,10-13H2,1-9H3. The Balaban J connectivity index is 3.15. The summed E-state index contributed by atoms with van der Waals surface area (Å²) < 4.78 is 0. The zero-order valence-corrected chi connectivity index (χ0v) is 15.8. The van der Waals surface area contributed by atoms with Gasteiger partial charge in [0.2, 0.25) is 0 Å². The van der Waals surface area contributed by atoms with Crippen LogP contribution in [0.5, 0.6) is 0 Å². The van der Waals surface area contributed by atoms with Gasteiger partial charge in [-0.25, -0.2) is 0 Å². The first kappa shape index (κ1) is 18.9. The molecule has 4 heteroatoms. The monoisotopic (exact) mass is 298 g/mol. The minimum atomic E-state index is 0.293. The summed E-state index contributed by atoms with van der Waals surface area (Å²) in [7, 11) is 13.4. The fourth-order valence-electron chi connectivity index (χ4n) is 4.63. The molecular weight excluding hydrogens is 260 g/mol. The summed E-state index contributed by atoms with van der Waals surface area (Å²) in [4.78, 5) is 10.0. The molecule has 4 atom stereocenters. The number of rotatable bonds is 9. The molecule has 4 unspecified atom stereocenters. The lowest BCUT2D eigenvalue weighted by Crippen LogP contribution is -2.57. The lowest BCUT2D eigenvalue weighted by atomic mass is 9.86. The van der Waals surface area contributed by atoms with Crippen molar-refractivity contribution in [3.8, 4) is 0 Å². The summed E-state index contributed by atoms with van der Waals surface area (Å²) in [6.07, 6.45) is 4.14. The zero-order chi connectivity index (χ0) is 16.4. The van der Waals surface area contributed by atoms with Gasteiger partial charge in [-0.2, -0.15) is 0 Å². The molecular formula is C17H38N4. The van der Waals surface area contributed by atoms with Crippen molar-refractivity contribution in [3.63, 3.8) is 0 Å². The first-order valence-corrected chi connectivity index (χ1v) is 8.53. The highest BCUT2D eigenvalue weighted by Gasteiger charge is 2.63. The average Bonchev–Trinajstić information content (AvgIpc) is 3.05. The summed E-state index contributed by atoms with van der Waals surface area (Å²) in [5, 5.41) is 0. The van der Waals surface area contributed by atoms with E-state index in [4.69, 9.17) is 0 Å². The molecule has 0 aromatic rings. The minimum absolute atomic E-state index is 0.293. The van der Waals surface area contributed by atoms with Gasteiger partial charge >= 0.3 is 0 Å². The highest BCUT2D eigenvalue weighted by molar-refractivity contribution is 5.21. The van der Waals surface area contributed by atoms with Gasteiger partial charge in [-0.3, -0.25) is 9.80 Å². The summed E-state index contributed by atoms with van der Waals surface area (Å²) in [6, 6.07) is 1.22. The zero-order valence-electron chi connectivity index (χ0n) is 15.8. The molecule has 0 bridgehead atoms. The second kappa shape index (κ2) is 7.40. The van der Waals surface area contributed by atoms with Gasteiger partial charge in [0.15, 0.2) is 0 Å². The van der Waals surface area contributed by atoms with E-state index in [0.717, 1.165) is 0 Å². The van der Waals surface area contributed by atoms with Crippen LogP contribution >= 0.6 is 0 Å². The number of hydrogen-bond acceptors (Lipinski definition) is 4. The molecule has 0 saturated carbocycles. The predicted octanol–water partition coefficient (Wildman–Crippen LogP) is 2.02. The molecule has 0 spiro atoms. The Morgan fingerprint density at radius 2 is 1.19 bits per heavy atom. The van der Waals surface area contributed by atoms with E-state index in [9.17, 15) is 0 Å². The Labute approximate surface area is 133 Å². The first-order chi connectivity index (χ1) is 9.77. The molecule has 0 aliphatic carbocycles.